The van der Waals surface area contributed by atoms with Gasteiger partial charge in [-0.05, 0) is 42.0 Å². The quantitative estimate of drug-likeness (QED) is 0.290. The van der Waals surface area contributed by atoms with Crippen LogP contribution in [0, 0.1) is 0 Å². The van der Waals surface area contributed by atoms with Gasteiger partial charge in [-0.15, -0.1) is 0 Å². The van der Waals surface area contributed by atoms with Crippen LogP contribution in [0.1, 0.15) is 15.9 Å². The summed E-state index contributed by atoms with van der Waals surface area (Å²) in [6.45, 7) is 5.66. The van der Waals surface area contributed by atoms with E-state index in [1.807, 2.05) is 48.5 Å². The van der Waals surface area contributed by atoms with Gasteiger partial charge in [0.25, 0.3) is 5.91 Å². The molecule has 8 nitrogen and oxygen atoms in total. The number of carbonyl (C=O) groups is 1. The van der Waals surface area contributed by atoms with Crippen molar-refractivity contribution in [3.63, 3.8) is 0 Å². The van der Waals surface area contributed by atoms with Crippen molar-refractivity contribution >= 4 is 44.0 Å². The molecule has 1 aliphatic rings. The number of anilines is 3. The number of thiazole rings is 1. The number of hydrogen-bond donors (Lipinski definition) is 3. The summed E-state index contributed by atoms with van der Waals surface area (Å²) in [5.41, 5.74) is 9.59. The van der Waals surface area contributed by atoms with Gasteiger partial charge in [-0.1, -0.05) is 35.6 Å². The Kier molecular flexibility index (Phi) is 7.61. The lowest BCUT2D eigenvalue weighted by molar-refractivity contribution is 0.0322. The predicted molar refractivity (Wildman–Crippen MR) is 145 cm³/mol. The lowest BCUT2D eigenvalue weighted by Crippen LogP contribution is -2.38. The first kappa shape index (κ1) is 24.1. The van der Waals surface area contributed by atoms with Gasteiger partial charge in [0, 0.05) is 37.8 Å². The van der Waals surface area contributed by atoms with Gasteiger partial charge in [0.1, 0.15) is 12.4 Å². The minimum absolute atomic E-state index is 0.193. The van der Waals surface area contributed by atoms with E-state index in [1.54, 1.807) is 23.5 Å². The maximum atomic E-state index is 12.5. The van der Waals surface area contributed by atoms with E-state index in [2.05, 4.69) is 21.6 Å². The van der Waals surface area contributed by atoms with Crippen molar-refractivity contribution in [2.45, 2.75) is 6.54 Å². The minimum atomic E-state index is -0.193. The molecule has 2 heterocycles. The topological polar surface area (TPSA) is 102 Å². The number of benzene rings is 3. The van der Waals surface area contributed by atoms with Crippen LogP contribution in [0.5, 0.6) is 5.75 Å². The highest BCUT2D eigenvalue weighted by Crippen LogP contribution is 2.29. The highest BCUT2D eigenvalue weighted by atomic mass is 32.1. The number of aromatic nitrogens is 1. The Morgan fingerprint density at radius 3 is 2.69 bits per heavy atom. The van der Waals surface area contributed by atoms with Crippen LogP contribution in [-0.4, -0.2) is 55.2 Å². The van der Waals surface area contributed by atoms with Gasteiger partial charge >= 0.3 is 0 Å². The molecule has 0 unspecified atom stereocenters. The number of hydrogen-bond acceptors (Lipinski definition) is 8. The van der Waals surface area contributed by atoms with Crippen molar-refractivity contribution in [3.8, 4) is 5.75 Å². The summed E-state index contributed by atoms with van der Waals surface area (Å²) in [5, 5.41) is 7.07. The third kappa shape index (κ3) is 6.12. The average Bonchev–Trinajstić information content (AvgIpc) is 3.32. The smallest absolute Gasteiger partial charge is 0.255 e. The van der Waals surface area contributed by atoms with E-state index in [0.717, 1.165) is 59.5 Å². The fraction of sp³-hybridized carbons (Fsp3) is 0.259. The zero-order valence-corrected chi connectivity index (χ0v) is 20.7. The first-order valence-corrected chi connectivity index (χ1v) is 12.8. The zero-order chi connectivity index (χ0) is 24.7. The van der Waals surface area contributed by atoms with Crippen LogP contribution in [0.15, 0.2) is 66.7 Å². The standard InChI is InChI=1S/C27H29N5O3S/c28-22-3-1-2-4-23(22)30-26(33)20-7-5-19(6-8-20)18-29-27-31-24-17-21(9-10-25(24)36-27)35-16-13-32-11-14-34-15-12-32/h1-10,17H,11-16,18,28H2,(H,29,31)(H,30,33). The van der Waals surface area contributed by atoms with E-state index in [0.29, 0.717) is 30.1 Å². The zero-order valence-electron chi connectivity index (χ0n) is 19.9. The van der Waals surface area contributed by atoms with Crippen LogP contribution in [-0.2, 0) is 11.3 Å². The largest absolute Gasteiger partial charge is 0.492 e. The molecule has 3 aromatic carbocycles. The Balaban J connectivity index is 1.13. The van der Waals surface area contributed by atoms with Crippen LogP contribution in [0.25, 0.3) is 10.2 Å². The van der Waals surface area contributed by atoms with Gasteiger partial charge in [-0.25, -0.2) is 4.98 Å². The monoisotopic (exact) mass is 503 g/mol. The maximum Gasteiger partial charge on any atom is 0.255 e. The van der Waals surface area contributed by atoms with Crippen molar-refractivity contribution in [1.29, 1.82) is 0 Å². The highest BCUT2D eigenvalue weighted by Gasteiger charge is 2.11. The molecule has 1 aromatic heterocycles. The summed E-state index contributed by atoms with van der Waals surface area (Å²) in [6.07, 6.45) is 0. The van der Waals surface area contributed by atoms with Gasteiger partial charge in [0.15, 0.2) is 5.13 Å². The van der Waals surface area contributed by atoms with Crippen molar-refractivity contribution in [2.75, 3.05) is 55.8 Å². The Morgan fingerprint density at radius 1 is 1.08 bits per heavy atom. The Bertz CT molecular complexity index is 1320. The molecule has 1 amide bonds. The first-order chi connectivity index (χ1) is 17.6. The number of morpholine rings is 1. The molecule has 4 N–H and O–H groups in total. The molecule has 1 fully saturated rings. The van der Waals surface area contributed by atoms with Crippen LogP contribution in [0.3, 0.4) is 0 Å². The number of amides is 1. The van der Waals surface area contributed by atoms with E-state index in [9.17, 15) is 4.79 Å². The summed E-state index contributed by atoms with van der Waals surface area (Å²) in [5.74, 6) is 0.639. The summed E-state index contributed by atoms with van der Waals surface area (Å²) >= 11 is 1.61. The van der Waals surface area contributed by atoms with Crippen LogP contribution in [0.4, 0.5) is 16.5 Å². The Labute approximate surface area is 214 Å². The van der Waals surface area contributed by atoms with E-state index >= 15 is 0 Å². The highest BCUT2D eigenvalue weighted by molar-refractivity contribution is 7.22. The molecule has 186 valence electrons. The fourth-order valence-corrected chi connectivity index (χ4v) is 4.79. The van der Waals surface area contributed by atoms with Crippen molar-refractivity contribution in [3.05, 3.63) is 77.9 Å². The summed E-state index contributed by atoms with van der Waals surface area (Å²) in [4.78, 5) is 19.6. The molecule has 0 radical (unpaired) electrons. The van der Waals surface area contributed by atoms with Gasteiger partial charge in [-0.2, -0.15) is 0 Å². The average molecular weight is 504 g/mol. The normalized spacial score (nSPS) is 14.0. The second-order valence-electron chi connectivity index (χ2n) is 8.54. The Hall–Kier alpha value is -3.66. The lowest BCUT2D eigenvalue weighted by atomic mass is 10.1. The molecular formula is C27H29N5O3S. The van der Waals surface area contributed by atoms with Gasteiger partial charge < -0.3 is 25.8 Å². The van der Waals surface area contributed by atoms with Crippen molar-refractivity contribution in [2.24, 2.45) is 0 Å². The molecule has 0 bridgehead atoms. The second kappa shape index (κ2) is 11.4. The number of nitrogens with one attached hydrogen (secondary N) is 2. The predicted octanol–water partition coefficient (Wildman–Crippen LogP) is 4.45. The van der Waals surface area contributed by atoms with Crippen LogP contribution in [0.2, 0.25) is 0 Å². The summed E-state index contributed by atoms with van der Waals surface area (Å²) in [7, 11) is 0. The van der Waals surface area contributed by atoms with Gasteiger partial charge in [0.2, 0.25) is 0 Å². The molecular weight excluding hydrogens is 474 g/mol. The first-order valence-electron chi connectivity index (χ1n) is 12.0. The molecule has 0 saturated carbocycles. The van der Waals surface area contributed by atoms with E-state index < -0.39 is 0 Å². The summed E-state index contributed by atoms with van der Waals surface area (Å²) in [6, 6.07) is 20.7. The minimum Gasteiger partial charge on any atom is -0.492 e. The van der Waals surface area contributed by atoms with Gasteiger partial charge in [0.05, 0.1) is 34.8 Å². The molecule has 1 saturated heterocycles. The molecule has 1 aliphatic heterocycles. The second-order valence-corrected chi connectivity index (χ2v) is 9.57. The third-order valence-electron chi connectivity index (χ3n) is 6.01. The van der Waals surface area contributed by atoms with Gasteiger partial charge in [-0.3, -0.25) is 9.69 Å². The van der Waals surface area contributed by atoms with Crippen LogP contribution >= 0.6 is 11.3 Å². The summed E-state index contributed by atoms with van der Waals surface area (Å²) < 4.78 is 12.4. The van der Waals surface area contributed by atoms with Crippen molar-refractivity contribution in [1.82, 2.24) is 9.88 Å². The number of nitrogens with two attached hydrogens (primary N) is 1. The molecule has 36 heavy (non-hydrogen) atoms. The SMILES string of the molecule is Nc1ccccc1NC(=O)c1ccc(CNc2nc3cc(OCCN4CCOCC4)ccc3s2)cc1. The molecule has 0 atom stereocenters. The van der Waals surface area contributed by atoms with E-state index in [1.165, 1.54) is 0 Å². The number of fused-ring (bicyclic) bond motifs is 1. The maximum absolute atomic E-state index is 12.5. The number of para-hydroxylation sites is 2. The fourth-order valence-electron chi connectivity index (χ4n) is 3.95. The lowest BCUT2D eigenvalue weighted by Gasteiger charge is -2.26. The third-order valence-corrected chi connectivity index (χ3v) is 7.00. The Morgan fingerprint density at radius 2 is 1.89 bits per heavy atom. The number of rotatable bonds is 9. The van der Waals surface area contributed by atoms with Crippen molar-refractivity contribution < 1.29 is 14.3 Å². The number of ether oxygens (including phenoxy) is 2. The molecule has 4 aromatic rings. The number of nitrogen functional groups attached to an aromatic ring is 1. The van der Waals surface area contributed by atoms with E-state index in [4.69, 9.17) is 20.2 Å². The molecule has 9 heteroatoms. The number of nitrogens with zero attached hydrogens (tertiary/aromatic N) is 2. The molecule has 0 spiro atoms. The molecule has 5 rings (SSSR count). The van der Waals surface area contributed by atoms with E-state index in [-0.39, 0.29) is 5.91 Å². The number of carbonyl (C=O) groups excluding carboxylic acids is 1. The molecule has 0 aliphatic carbocycles. The van der Waals surface area contributed by atoms with Crippen LogP contribution < -0.4 is 21.1 Å².